The smallest absolute Gasteiger partial charge is 0.252 e. The maximum atomic E-state index is 13.4. The Labute approximate surface area is 220 Å². The second-order valence-electron chi connectivity index (χ2n) is 8.38. The van der Waals surface area contributed by atoms with Crippen molar-refractivity contribution in [2.45, 2.75) is 25.3 Å². The first-order chi connectivity index (χ1) is 18.0. The van der Waals surface area contributed by atoms with Crippen LogP contribution in [0.3, 0.4) is 0 Å². The van der Waals surface area contributed by atoms with E-state index in [1.807, 2.05) is 47.4 Å². The zero-order valence-corrected chi connectivity index (χ0v) is 21.1. The third-order valence-corrected chi connectivity index (χ3v) is 6.15. The van der Waals surface area contributed by atoms with Gasteiger partial charge in [0, 0.05) is 35.4 Å². The van der Waals surface area contributed by atoms with E-state index in [1.165, 1.54) is 5.01 Å². The number of carbonyl (C=O) groups excluding carboxylic acids is 2. The minimum atomic E-state index is -0.451. The molecule has 1 aliphatic rings. The Morgan fingerprint density at radius 2 is 1.89 bits per heavy atom. The predicted molar refractivity (Wildman–Crippen MR) is 143 cm³/mol. The fraction of sp³-hybridized carbons (Fsp3) is 0.214. The summed E-state index contributed by atoms with van der Waals surface area (Å²) in [6.07, 6.45) is 0.326. The molecule has 0 unspecified atom stereocenters. The lowest BCUT2D eigenvalue weighted by molar-refractivity contribution is -0.136. The quantitative estimate of drug-likeness (QED) is 0.406. The van der Waals surface area contributed by atoms with Gasteiger partial charge in [-0.3, -0.25) is 9.59 Å². The summed E-state index contributed by atoms with van der Waals surface area (Å²) in [5.41, 5.74) is 2.25. The standard InChI is InChI=1S/C28H26ClN5O3/c1-37-24-10-5-9-22(17-24)31-27(35)19-28(36)34-25(20-7-3-2-4-8-20)18-26(32-34)33(16-6-15-30)23-13-11-21(29)12-14-23/h2-5,7-14,17,25H,6,16,18-19H2,1H3,(H,31,35)/t25-/m1/s1. The molecule has 1 heterocycles. The molecule has 0 bridgehead atoms. The maximum absolute atomic E-state index is 13.4. The van der Waals surface area contributed by atoms with Crippen LogP contribution in [0.15, 0.2) is 84.0 Å². The molecule has 3 aromatic rings. The molecule has 2 amide bonds. The van der Waals surface area contributed by atoms with Crippen molar-refractivity contribution in [3.05, 3.63) is 89.4 Å². The number of nitrogens with one attached hydrogen (secondary N) is 1. The fourth-order valence-electron chi connectivity index (χ4n) is 4.14. The third-order valence-electron chi connectivity index (χ3n) is 5.90. The van der Waals surface area contributed by atoms with E-state index in [2.05, 4.69) is 16.5 Å². The zero-order chi connectivity index (χ0) is 26.2. The Morgan fingerprint density at radius 3 is 2.59 bits per heavy atom. The van der Waals surface area contributed by atoms with Crippen LogP contribution in [0.1, 0.15) is 30.9 Å². The molecule has 1 N–H and O–H groups in total. The molecule has 9 heteroatoms. The number of benzene rings is 3. The van der Waals surface area contributed by atoms with Crippen molar-refractivity contribution in [2.24, 2.45) is 5.10 Å². The Hall–Kier alpha value is -4.35. The molecule has 1 aliphatic heterocycles. The van der Waals surface area contributed by atoms with E-state index in [-0.39, 0.29) is 18.9 Å². The first-order valence-electron chi connectivity index (χ1n) is 11.8. The van der Waals surface area contributed by atoms with Crippen LogP contribution in [0.4, 0.5) is 11.4 Å². The number of halogens is 1. The molecule has 0 spiro atoms. The van der Waals surface area contributed by atoms with Gasteiger partial charge < -0.3 is 15.0 Å². The summed E-state index contributed by atoms with van der Waals surface area (Å²) in [4.78, 5) is 28.0. The van der Waals surface area contributed by atoms with E-state index in [4.69, 9.17) is 16.3 Å². The highest BCUT2D eigenvalue weighted by atomic mass is 35.5. The van der Waals surface area contributed by atoms with Crippen LogP contribution in [0.2, 0.25) is 5.02 Å². The van der Waals surface area contributed by atoms with E-state index < -0.39 is 11.8 Å². The number of ether oxygens (including phenoxy) is 1. The molecule has 1 atom stereocenters. The van der Waals surface area contributed by atoms with Gasteiger partial charge in [-0.15, -0.1) is 0 Å². The largest absolute Gasteiger partial charge is 0.497 e. The number of amidine groups is 1. The van der Waals surface area contributed by atoms with Crippen LogP contribution in [0.25, 0.3) is 0 Å². The van der Waals surface area contributed by atoms with Gasteiger partial charge in [0.25, 0.3) is 5.91 Å². The number of methoxy groups -OCH3 is 1. The normalized spacial score (nSPS) is 14.5. The van der Waals surface area contributed by atoms with Crippen LogP contribution >= 0.6 is 11.6 Å². The van der Waals surface area contributed by atoms with Crippen LogP contribution in [0, 0.1) is 11.3 Å². The number of rotatable bonds is 8. The molecule has 8 nitrogen and oxygen atoms in total. The van der Waals surface area contributed by atoms with Crippen molar-refractivity contribution in [3.8, 4) is 11.8 Å². The lowest BCUT2D eigenvalue weighted by Gasteiger charge is -2.23. The molecular formula is C28H26ClN5O3. The Balaban J connectivity index is 1.58. The second kappa shape index (κ2) is 12.1. The maximum Gasteiger partial charge on any atom is 0.252 e. The Morgan fingerprint density at radius 1 is 1.14 bits per heavy atom. The predicted octanol–water partition coefficient (Wildman–Crippen LogP) is 5.38. The van der Waals surface area contributed by atoms with Crippen LogP contribution in [0.5, 0.6) is 5.75 Å². The van der Waals surface area contributed by atoms with Gasteiger partial charge in [-0.25, -0.2) is 5.01 Å². The Kier molecular flexibility index (Phi) is 8.39. The minimum absolute atomic E-state index is 0.272. The highest BCUT2D eigenvalue weighted by Crippen LogP contribution is 2.34. The third kappa shape index (κ3) is 6.46. The number of carbonyl (C=O) groups is 2. The summed E-state index contributed by atoms with van der Waals surface area (Å²) in [6.45, 7) is 0.400. The number of hydrogen-bond acceptors (Lipinski definition) is 6. The summed E-state index contributed by atoms with van der Waals surface area (Å²) in [5.74, 6) is 0.350. The number of hydrazone groups is 1. The molecule has 188 valence electrons. The van der Waals surface area contributed by atoms with Crippen molar-refractivity contribution >= 4 is 40.6 Å². The highest BCUT2D eigenvalue weighted by molar-refractivity contribution is 6.30. The van der Waals surface area contributed by atoms with Gasteiger partial charge in [-0.2, -0.15) is 10.4 Å². The van der Waals surface area contributed by atoms with Crippen molar-refractivity contribution in [2.75, 3.05) is 23.9 Å². The average molecular weight is 516 g/mol. The summed E-state index contributed by atoms with van der Waals surface area (Å²) in [5, 5.41) is 18.6. The van der Waals surface area contributed by atoms with Crippen LogP contribution < -0.4 is 15.0 Å². The van der Waals surface area contributed by atoms with Crippen molar-refractivity contribution in [3.63, 3.8) is 0 Å². The van der Waals surface area contributed by atoms with Gasteiger partial charge in [-0.1, -0.05) is 48.0 Å². The molecule has 37 heavy (non-hydrogen) atoms. The molecule has 0 aromatic heterocycles. The van der Waals surface area contributed by atoms with E-state index in [9.17, 15) is 14.9 Å². The van der Waals surface area contributed by atoms with Gasteiger partial charge in [0.15, 0.2) is 0 Å². The second-order valence-corrected chi connectivity index (χ2v) is 8.81. The summed E-state index contributed by atoms with van der Waals surface area (Å²) < 4.78 is 5.19. The molecule has 0 saturated heterocycles. The molecule has 0 fully saturated rings. The summed E-state index contributed by atoms with van der Waals surface area (Å²) in [6, 6.07) is 25.5. The number of nitrogens with zero attached hydrogens (tertiary/aromatic N) is 4. The minimum Gasteiger partial charge on any atom is -0.497 e. The van der Waals surface area contributed by atoms with Crippen molar-refractivity contribution in [1.82, 2.24) is 5.01 Å². The van der Waals surface area contributed by atoms with Crippen LogP contribution in [-0.2, 0) is 9.59 Å². The van der Waals surface area contributed by atoms with E-state index >= 15 is 0 Å². The van der Waals surface area contributed by atoms with Crippen molar-refractivity contribution < 1.29 is 14.3 Å². The molecule has 0 radical (unpaired) electrons. The monoisotopic (exact) mass is 515 g/mol. The van der Waals surface area contributed by atoms with Gasteiger partial charge in [0.2, 0.25) is 5.91 Å². The summed E-state index contributed by atoms with van der Waals surface area (Å²) in [7, 11) is 1.54. The first kappa shape index (κ1) is 25.7. The van der Waals surface area contributed by atoms with E-state index in [1.54, 1.807) is 43.5 Å². The number of nitriles is 1. The first-order valence-corrected chi connectivity index (χ1v) is 12.1. The van der Waals surface area contributed by atoms with Crippen LogP contribution in [-0.4, -0.2) is 36.3 Å². The number of hydrogen-bond donors (Lipinski definition) is 1. The van der Waals surface area contributed by atoms with Gasteiger partial charge in [0.05, 0.1) is 25.6 Å². The summed E-state index contributed by atoms with van der Waals surface area (Å²) >= 11 is 6.07. The highest BCUT2D eigenvalue weighted by Gasteiger charge is 2.35. The average Bonchev–Trinajstić information content (AvgIpc) is 3.36. The van der Waals surface area contributed by atoms with Gasteiger partial charge in [0.1, 0.15) is 18.0 Å². The lowest BCUT2D eigenvalue weighted by Crippen LogP contribution is -2.31. The SMILES string of the molecule is COc1cccc(NC(=O)CC(=O)N2N=C(N(CCC#N)c3ccc(Cl)cc3)C[C@@H]2c2ccccc2)c1. The topological polar surface area (TPSA) is 98.0 Å². The molecule has 4 rings (SSSR count). The van der Waals surface area contributed by atoms with Gasteiger partial charge >= 0.3 is 0 Å². The lowest BCUT2D eigenvalue weighted by atomic mass is 10.0. The zero-order valence-electron chi connectivity index (χ0n) is 20.3. The van der Waals surface area contributed by atoms with Gasteiger partial charge in [-0.05, 0) is 42.0 Å². The van der Waals surface area contributed by atoms with Crippen molar-refractivity contribution in [1.29, 1.82) is 5.26 Å². The molecule has 0 aliphatic carbocycles. The molecular weight excluding hydrogens is 490 g/mol. The van der Waals surface area contributed by atoms with E-state index in [0.717, 1.165) is 11.3 Å². The fourth-order valence-corrected chi connectivity index (χ4v) is 4.26. The Bertz CT molecular complexity index is 1320. The molecule has 3 aromatic carbocycles. The number of anilines is 2. The molecule has 0 saturated carbocycles. The van der Waals surface area contributed by atoms with E-state index in [0.29, 0.717) is 35.3 Å². The number of amides is 2.